The molecule has 0 spiro atoms. The Bertz CT molecular complexity index is 341. The van der Waals surface area contributed by atoms with Gasteiger partial charge in [0.1, 0.15) is 0 Å². The summed E-state index contributed by atoms with van der Waals surface area (Å²) in [6.07, 6.45) is -2.54. The van der Waals surface area contributed by atoms with Gasteiger partial charge >= 0.3 is 160 Å². The van der Waals surface area contributed by atoms with Crippen LogP contribution < -0.4 is 0 Å². The van der Waals surface area contributed by atoms with Gasteiger partial charge in [-0.1, -0.05) is 0 Å². The van der Waals surface area contributed by atoms with Gasteiger partial charge in [-0.05, 0) is 0 Å². The van der Waals surface area contributed by atoms with Crippen molar-refractivity contribution < 1.29 is 22.6 Å². The molecule has 0 aromatic heterocycles. The summed E-state index contributed by atoms with van der Waals surface area (Å²) < 4.78 is 24.4. The minimum absolute atomic E-state index is 0.150. The molecule has 0 aromatic carbocycles. The van der Waals surface area contributed by atoms with Gasteiger partial charge in [0.2, 0.25) is 0 Å². The van der Waals surface area contributed by atoms with E-state index in [9.17, 15) is 0 Å². The molecular weight excluding hydrogens is 444 g/mol. The van der Waals surface area contributed by atoms with Crippen LogP contribution >= 0.6 is 77.3 Å². The van der Waals surface area contributed by atoms with Gasteiger partial charge in [-0.15, -0.1) is 0 Å². The molecule has 0 aromatic rings. The Hall–Kier alpha value is 1.97. The monoisotopic (exact) mass is 458 g/mol. The first kappa shape index (κ1) is 22.0. The maximum atomic E-state index is 5.93. The second kappa shape index (κ2) is 7.69. The van der Waals surface area contributed by atoms with Gasteiger partial charge in [0.25, 0.3) is 0 Å². The first-order valence-electron chi connectivity index (χ1n) is 6.42. The number of hydrogen-bond acceptors (Lipinski definition) is 5. The van der Waals surface area contributed by atoms with Gasteiger partial charge in [0.15, 0.2) is 0 Å². The van der Waals surface area contributed by atoms with E-state index in [0.29, 0.717) is 0 Å². The number of alkyl halides is 6. The summed E-state index contributed by atoms with van der Waals surface area (Å²) in [6, 6.07) is 0. The topological polar surface area (TPSA) is 46.2 Å². The van der Waals surface area contributed by atoms with Crippen LogP contribution in [0.15, 0.2) is 0 Å². The fraction of sp³-hybridized carbons (Fsp3) is 1.00. The number of hydrogen-bond donors (Lipinski definition) is 0. The molecule has 12 heteroatoms. The van der Waals surface area contributed by atoms with E-state index in [1.165, 1.54) is 0 Å². The predicted molar refractivity (Wildman–Crippen MR) is 92.1 cm³/mol. The third-order valence-corrected chi connectivity index (χ3v) is 6.98. The van der Waals surface area contributed by atoms with Crippen molar-refractivity contribution in [3.8, 4) is 0 Å². The van der Waals surface area contributed by atoms with Gasteiger partial charge in [-0.2, -0.15) is 0 Å². The molecule has 22 heavy (non-hydrogen) atoms. The van der Waals surface area contributed by atoms with Gasteiger partial charge < -0.3 is 0 Å². The van der Waals surface area contributed by atoms with Crippen LogP contribution in [-0.2, 0) is 22.6 Å². The van der Waals surface area contributed by atoms with E-state index < -0.39 is 27.5 Å². The van der Waals surface area contributed by atoms with Crippen LogP contribution in [-0.4, -0.2) is 39.6 Å². The van der Waals surface area contributed by atoms with E-state index in [1.54, 1.807) is 20.8 Å². The van der Waals surface area contributed by atoms with E-state index in [1.807, 2.05) is 0 Å². The molecule has 0 radical (unpaired) electrons. The average molecular weight is 461 g/mol. The van der Waals surface area contributed by atoms with Gasteiger partial charge in [-0.25, -0.2) is 0 Å². The van der Waals surface area contributed by atoms with Gasteiger partial charge in [0.05, 0.1) is 0 Å². The summed E-state index contributed by atoms with van der Waals surface area (Å²) in [7, 11) is -4.53. The fourth-order valence-electron chi connectivity index (χ4n) is 1.90. The Balaban J connectivity index is 3.36. The Kier molecular flexibility index (Phi) is 7.69. The zero-order valence-electron chi connectivity index (χ0n) is 12.0. The van der Waals surface area contributed by atoms with E-state index in [0.717, 1.165) is 0 Å². The van der Waals surface area contributed by atoms with E-state index in [4.69, 9.17) is 92.2 Å². The molecule has 2 atom stereocenters. The summed E-state index contributed by atoms with van der Waals surface area (Å²) in [6.45, 7) is 5.55. The average Bonchev–Trinajstić information content (AvgIpc) is 2.67. The van der Waals surface area contributed by atoms with Gasteiger partial charge in [0, 0.05) is 0 Å². The normalized spacial score (nSPS) is 30.0. The molecule has 1 saturated heterocycles. The summed E-state index contributed by atoms with van der Waals surface area (Å²) in [5, 5.41) is 0. The van der Waals surface area contributed by atoms with Crippen LogP contribution in [0.3, 0.4) is 0 Å². The van der Waals surface area contributed by atoms with Crippen molar-refractivity contribution in [2.75, 3.05) is 19.8 Å². The zero-order valence-corrected chi connectivity index (χ0v) is 17.5. The SMILES string of the molecule is CCOP1(OCC)(OCC)OC(C(Cl)(Cl)Cl)C(C(Cl)(Cl)Cl)O1. The van der Waals surface area contributed by atoms with Crippen LogP contribution in [0.25, 0.3) is 0 Å². The van der Waals surface area contributed by atoms with Crippen molar-refractivity contribution in [2.24, 2.45) is 0 Å². The Morgan fingerprint density at radius 1 is 0.727 bits per heavy atom. The fourth-order valence-corrected chi connectivity index (χ4v) is 6.40. The van der Waals surface area contributed by atoms with Crippen LogP contribution in [0, 0.1) is 0 Å². The molecule has 5 nitrogen and oxygen atoms in total. The summed E-state index contributed by atoms with van der Waals surface area (Å²) >= 11 is 35.6. The third kappa shape index (κ3) is 4.78. The minimum atomic E-state index is -4.53. The summed E-state index contributed by atoms with van der Waals surface area (Å²) in [4.78, 5) is 0. The number of rotatable bonds is 6. The quantitative estimate of drug-likeness (QED) is 0.373. The second-order valence-electron chi connectivity index (χ2n) is 4.13. The van der Waals surface area contributed by atoms with Crippen LogP contribution in [0.4, 0.5) is 0 Å². The van der Waals surface area contributed by atoms with Gasteiger partial charge in [-0.3, -0.25) is 0 Å². The Morgan fingerprint density at radius 2 is 1.00 bits per heavy atom. The molecule has 0 amide bonds. The Labute approximate surface area is 160 Å². The van der Waals surface area contributed by atoms with Crippen molar-refractivity contribution in [3.05, 3.63) is 0 Å². The van der Waals surface area contributed by atoms with Crippen LogP contribution in [0.1, 0.15) is 20.8 Å². The molecule has 1 heterocycles. The van der Waals surface area contributed by atoms with Crippen LogP contribution in [0.2, 0.25) is 0 Å². The van der Waals surface area contributed by atoms with E-state index in [-0.39, 0.29) is 19.8 Å². The molecule has 1 fully saturated rings. The summed E-state index contributed by atoms with van der Waals surface area (Å²) in [5.41, 5.74) is 0. The standard InChI is InChI=1S/C10H17Cl6O5P/c1-4-17-22(18-5-2,19-6-3)20-7(9(11,12)13)8(21-22)10(14,15)16/h7-8H,4-6H2,1-3H3. The van der Waals surface area contributed by atoms with Crippen molar-refractivity contribution in [2.45, 2.75) is 40.6 Å². The molecule has 0 aliphatic carbocycles. The third-order valence-electron chi connectivity index (χ3n) is 2.51. The zero-order chi connectivity index (χ0) is 17.3. The van der Waals surface area contributed by atoms with Crippen molar-refractivity contribution in [1.29, 1.82) is 0 Å². The first-order valence-corrected chi connectivity index (χ1v) is 10.5. The van der Waals surface area contributed by atoms with Crippen LogP contribution in [0.5, 0.6) is 0 Å². The number of halogens is 6. The van der Waals surface area contributed by atoms with E-state index in [2.05, 4.69) is 0 Å². The summed E-state index contributed by atoms with van der Waals surface area (Å²) in [5.74, 6) is 0. The predicted octanol–water partition coefficient (Wildman–Crippen LogP) is 5.75. The van der Waals surface area contributed by atoms with E-state index >= 15 is 0 Å². The van der Waals surface area contributed by atoms with Crippen molar-refractivity contribution in [1.82, 2.24) is 0 Å². The molecule has 1 aliphatic heterocycles. The molecule has 1 rings (SSSR count). The molecule has 0 bridgehead atoms. The molecule has 1 aliphatic rings. The van der Waals surface area contributed by atoms with Crippen molar-refractivity contribution >= 4 is 77.3 Å². The second-order valence-corrected chi connectivity index (χ2v) is 11.6. The molecule has 134 valence electrons. The molecule has 0 N–H and O–H groups in total. The molecule has 2 unspecified atom stereocenters. The van der Waals surface area contributed by atoms with Crippen molar-refractivity contribution in [3.63, 3.8) is 0 Å². The maximum absolute atomic E-state index is 5.93. The molecule has 0 saturated carbocycles. The molecular formula is C10H17Cl6O5P. The first-order chi connectivity index (χ1) is 9.93. The Morgan fingerprint density at radius 3 is 1.18 bits per heavy atom.